The van der Waals surface area contributed by atoms with Crippen molar-refractivity contribution in [2.75, 3.05) is 13.5 Å². The summed E-state index contributed by atoms with van der Waals surface area (Å²) >= 11 is 0. The first-order valence-electron chi connectivity index (χ1n) is 5.89. The van der Waals surface area contributed by atoms with Gasteiger partial charge in [-0.1, -0.05) is 0 Å². The standard InChI is InChI=1S/C11H12N4O.CH2F2/c12-11-14-9-5-13-7(6-16)4-8(9)10-2-1-3-15(10)11;2-1-3/h4-6,10H,1-3H2,(H2,12,14);1H2. The maximum Gasteiger partial charge on any atom is 0.229 e. The molecule has 5 nitrogen and oxygen atoms in total. The maximum absolute atomic E-state index is 10.7. The van der Waals surface area contributed by atoms with Gasteiger partial charge < -0.3 is 10.6 Å². The van der Waals surface area contributed by atoms with Gasteiger partial charge in [0, 0.05) is 12.1 Å². The largest absolute Gasteiger partial charge is 0.369 e. The van der Waals surface area contributed by atoms with Gasteiger partial charge in [0.2, 0.25) is 6.93 Å². The molecule has 1 atom stereocenters. The Morgan fingerprint density at radius 1 is 1.53 bits per heavy atom. The SMILES string of the molecule is FCF.NC1=Nc2cnc(C=O)cc2C2CCCN12. The van der Waals surface area contributed by atoms with E-state index in [4.69, 9.17) is 5.73 Å². The molecule has 19 heavy (non-hydrogen) atoms. The van der Waals surface area contributed by atoms with Gasteiger partial charge in [-0.15, -0.1) is 0 Å². The second kappa shape index (κ2) is 5.73. The highest BCUT2D eigenvalue weighted by atomic mass is 19.3. The van der Waals surface area contributed by atoms with E-state index in [2.05, 4.69) is 14.9 Å². The summed E-state index contributed by atoms with van der Waals surface area (Å²) in [6, 6.07) is 2.09. The van der Waals surface area contributed by atoms with E-state index in [1.54, 1.807) is 6.20 Å². The van der Waals surface area contributed by atoms with Crippen molar-refractivity contribution in [2.24, 2.45) is 10.7 Å². The van der Waals surface area contributed by atoms with Gasteiger partial charge in [-0.3, -0.25) is 9.78 Å². The molecule has 0 saturated carbocycles. The van der Waals surface area contributed by atoms with Crippen LogP contribution in [0.15, 0.2) is 17.3 Å². The van der Waals surface area contributed by atoms with Crippen molar-refractivity contribution in [1.29, 1.82) is 0 Å². The highest BCUT2D eigenvalue weighted by Crippen LogP contribution is 2.39. The fourth-order valence-electron chi connectivity index (χ4n) is 2.46. The lowest BCUT2D eigenvalue weighted by Crippen LogP contribution is -2.38. The topological polar surface area (TPSA) is 71.6 Å². The summed E-state index contributed by atoms with van der Waals surface area (Å²) < 4.78 is 19.2. The number of aldehydes is 1. The number of guanidine groups is 1. The van der Waals surface area contributed by atoms with Crippen molar-refractivity contribution in [3.05, 3.63) is 23.5 Å². The van der Waals surface area contributed by atoms with Crippen molar-refractivity contribution in [2.45, 2.75) is 18.9 Å². The number of carbonyl (C=O) groups is 1. The number of nitrogens with zero attached hydrogens (tertiary/aromatic N) is 3. The number of hydrogen-bond acceptors (Lipinski definition) is 5. The summed E-state index contributed by atoms with van der Waals surface area (Å²) in [5, 5.41) is 0. The number of alkyl halides is 2. The summed E-state index contributed by atoms with van der Waals surface area (Å²) in [7, 11) is 0. The Balaban J connectivity index is 0.000000408. The monoisotopic (exact) mass is 268 g/mol. The van der Waals surface area contributed by atoms with Gasteiger partial charge in [0.25, 0.3) is 0 Å². The first-order chi connectivity index (χ1) is 9.21. The van der Waals surface area contributed by atoms with E-state index in [1.165, 1.54) is 0 Å². The van der Waals surface area contributed by atoms with Crippen molar-refractivity contribution in [3.8, 4) is 0 Å². The maximum atomic E-state index is 10.7. The lowest BCUT2D eigenvalue weighted by Gasteiger charge is -2.30. The Morgan fingerprint density at radius 2 is 2.26 bits per heavy atom. The molecule has 0 amide bonds. The van der Waals surface area contributed by atoms with Crippen LogP contribution in [-0.4, -0.2) is 35.6 Å². The predicted octanol–water partition coefficient (Wildman–Crippen LogP) is 1.87. The molecule has 1 unspecified atom stereocenters. The fourth-order valence-corrected chi connectivity index (χ4v) is 2.46. The van der Waals surface area contributed by atoms with Crippen LogP contribution in [0, 0.1) is 0 Å². The molecule has 0 bridgehead atoms. The molecule has 7 heteroatoms. The summed E-state index contributed by atoms with van der Waals surface area (Å²) in [5.41, 5.74) is 8.21. The molecule has 0 radical (unpaired) electrons. The van der Waals surface area contributed by atoms with Gasteiger partial charge in [0.15, 0.2) is 12.2 Å². The average Bonchev–Trinajstić information content (AvgIpc) is 2.90. The third kappa shape index (κ3) is 2.54. The molecule has 2 aliphatic heterocycles. The van der Waals surface area contributed by atoms with Gasteiger partial charge in [-0.2, -0.15) is 0 Å². The van der Waals surface area contributed by atoms with Crippen molar-refractivity contribution in [1.82, 2.24) is 9.88 Å². The Morgan fingerprint density at radius 3 is 2.95 bits per heavy atom. The molecule has 2 N–H and O–H groups in total. The molecule has 0 aromatic carbocycles. The van der Waals surface area contributed by atoms with Crippen molar-refractivity contribution in [3.63, 3.8) is 0 Å². The fraction of sp³-hybridized carbons (Fsp3) is 0.417. The van der Waals surface area contributed by atoms with Crippen LogP contribution in [-0.2, 0) is 0 Å². The summed E-state index contributed by atoms with van der Waals surface area (Å²) in [5.74, 6) is 0.565. The smallest absolute Gasteiger partial charge is 0.229 e. The summed E-state index contributed by atoms with van der Waals surface area (Å²) in [4.78, 5) is 21.1. The zero-order valence-electron chi connectivity index (χ0n) is 10.2. The van der Waals surface area contributed by atoms with Crippen LogP contribution in [0.3, 0.4) is 0 Å². The quantitative estimate of drug-likeness (QED) is 0.789. The van der Waals surface area contributed by atoms with Crippen LogP contribution in [0.25, 0.3) is 0 Å². The molecule has 1 aromatic heterocycles. The van der Waals surface area contributed by atoms with Crippen molar-refractivity contribution >= 4 is 17.9 Å². The number of pyridine rings is 1. The van der Waals surface area contributed by atoms with Crippen LogP contribution in [0.4, 0.5) is 14.5 Å². The second-order valence-corrected chi connectivity index (χ2v) is 4.21. The van der Waals surface area contributed by atoms with E-state index in [0.29, 0.717) is 11.7 Å². The predicted molar refractivity (Wildman–Crippen MR) is 66.7 cm³/mol. The zero-order valence-corrected chi connectivity index (χ0v) is 10.2. The molecule has 1 aromatic rings. The molecule has 2 aliphatic rings. The van der Waals surface area contributed by atoms with Crippen LogP contribution < -0.4 is 5.73 Å². The molecular weight excluding hydrogens is 254 g/mol. The Hall–Kier alpha value is -2.05. The van der Waals surface area contributed by atoms with Crippen LogP contribution in [0.1, 0.15) is 34.9 Å². The van der Waals surface area contributed by atoms with Gasteiger partial charge in [-0.05, 0) is 18.9 Å². The first kappa shape index (κ1) is 13.4. The molecule has 3 heterocycles. The number of fused-ring (bicyclic) bond motifs is 3. The number of halogens is 2. The second-order valence-electron chi connectivity index (χ2n) is 4.21. The highest BCUT2D eigenvalue weighted by molar-refractivity contribution is 5.85. The van der Waals surface area contributed by atoms with E-state index >= 15 is 0 Å². The van der Waals surface area contributed by atoms with Gasteiger partial charge in [0.05, 0.1) is 17.9 Å². The third-order valence-corrected chi connectivity index (χ3v) is 3.20. The van der Waals surface area contributed by atoms with E-state index in [-0.39, 0.29) is 6.04 Å². The zero-order chi connectivity index (χ0) is 13.8. The minimum atomic E-state index is -1.75. The molecule has 3 rings (SSSR count). The molecule has 1 fully saturated rings. The number of aliphatic imine (C=N–C) groups is 1. The summed E-state index contributed by atoms with van der Waals surface area (Å²) in [6.45, 7) is -0.807. The Kier molecular flexibility index (Phi) is 4.03. The van der Waals surface area contributed by atoms with E-state index in [0.717, 1.165) is 36.9 Å². The minimum Gasteiger partial charge on any atom is -0.369 e. The van der Waals surface area contributed by atoms with Crippen molar-refractivity contribution < 1.29 is 13.6 Å². The summed E-state index contributed by atoms with van der Waals surface area (Å²) in [6.07, 6.45) is 4.56. The molecular formula is C12H14F2N4O. The first-order valence-corrected chi connectivity index (χ1v) is 5.89. The number of nitrogens with two attached hydrogens (primary N) is 1. The number of carbonyl (C=O) groups excluding carboxylic acids is 1. The Bertz CT molecular complexity index is 507. The lowest BCUT2D eigenvalue weighted by molar-refractivity contribution is 0.111. The van der Waals surface area contributed by atoms with Crippen LogP contribution >= 0.6 is 0 Å². The third-order valence-electron chi connectivity index (χ3n) is 3.20. The highest BCUT2D eigenvalue weighted by Gasteiger charge is 2.32. The lowest BCUT2D eigenvalue weighted by atomic mass is 10.0. The Labute approximate surface area is 109 Å². The van der Waals surface area contributed by atoms with Gasteiger partial charge in [0.1, 0.15) is 5.69 Å². The number of hydrogen-bond donors (Lipinski definition) is 1. The number of rotatable bonds is 1. The molecule has 1 saturated heterocycles. The van der Waals surface area contributed by atoms with E-state index in [9.17, 15) is 13.6 Å². The molecule has 0 spiro atoms. The minimum absolute atomic E-state index is 0.272. The number of aromatic nitrogens is 1. The van der Waals surface area contributed by atoms with Crippen LogP contribution in [0.5, 0.6) is 0 Å². The average molecular weight is 268 g/mol. The molecule has 102 valence electrons. The van der Waals surface area contributed by atoms with E-state index < -0.39 is 6.93 Å². The normalized spacial score (nSPS) is 19.8. The van der Waals surface area contributed by atoms with Crippen LogP contribution in [0.2, 0.25) is 0 Å². The molecule has 0 aliphatic carbocycles. The van der Waals surface area contributed by atoms with Gasteiger partial charge >= 0.3 is 0 Å². The van der Waals surface area contributed by atoms with Gasteiger partial charge in [-0.25, -0.2) is 13.8 Å². The van der Waals surface area contributed by atoms with E-state index in [1.807, 2.05) is 6.07 Å².